The van der Waals surface area contributed by atoms with Crippen LogP contribution in [0.25, 0.3) is 0 Å². The van der Waals surface area contributed by atoms with E-state index in [0.717, 1.165) is 0 Å². The number of carbonyl (C=O) groups excluding carboxylic acids is 1. The Labute approximate surface area is 117 Å². The zero-order valence-electron chi connectivity index (χ0n) is 11.8. The highest BCUT2D eigenvalue weighted by Crippen LogP contribution is 2.17. The summed E-state index contributed by atoms with van der Waals surface area (Å²) in [5.41, 5.74) is 0.667. The number of urea groups is 1. The van der Waals surface area contributed by atoms with Crippen molar-refractivity contribution in [1.29, 1.82) is 0 Å². The Kier molecular flexibility index (Phi) is 5.10. The van der Waals surface area contributed by atoms with E-state index in [1.54, 1.807) is 24.3 Å². The van der Waals surface area contributed by atoms with Crippen LogP contribution in [0.1, 0.15) is 26.3 Å². The Hall–Kier alpha value is -2.08. The van der Waals surface area contributed by atoms with Gasteiger partial charge in [-0.25, -0.2) is 9.59 Å². The number of aliphatic carboxylic acids is 1. The second-order valence-corrected chi connectivity index (χ2v) is 5.54. The van der Waals surface area contributed by atoms with Gasteiger partial charge in [0, 0.05) is 17.6 Å². The van der Waals surface area contributed by atoms with E-state index in [1.165, 1.54) is 0 Å². The number of anilines is 1. The fourth-order valence-electron chi connectivity index (χ4n) is 1.61. The van der Waals surface area contributed by atoms with Crippen LogP contribution in [-0.4, -0.2) is 33.9 Å². The van der Waals surface area contributed by atoms with Crippen molar-refractivity contribution in [2.75, 3.05) is 5.32 Å². The van der Waals surface area contributed by atoms with Gasteiger partial charge in [0.2, 0.25) is 0 Å². The molecule has 1 unspecified atom stereocenters. The molecule has 1 atom stereocenters. The number of carbonyl (C=O) groups is 2. The van der Waals surface area contributed by atoms with E-state index in [0.29, 0.717) is 11.3 Å². The van der Waals surface area contributed by atoms with E-state index >= 15 is 0 Å². The van der Waals surface area contributed by atoms with Gasteiger partial charge in [0.15, 0.2) is 6.10 Å². The van der Waals surface area contributed by atoms with Crippen LogP contribution in [0.3, 0.4) is 0 Å². The molecule has 1 aromatic carbocycles. The van der Waals surface area contributed by atoms with Crippen molar-refractivity contribution in [2.45, 2.75) is 38.8 Å². The predicted octanol–water partition coefficient (Wildman–Crippen LogP) is 1.59. The Morgan fingerprint density at radius 1 is 1.25 bits per heavy atom. The SMILES string of the molecule is CC(C)(C)NC(=O)Nc1ccccc1CC(O)C(=O)O. The summed E-state index contributed by atoms with van der Waals surface area (Å²) < 4.78 is 0. The van der Waals surface area contributed by atoms with Crippen molar-refractivity contribution in [3.05, 3.63) is 29.8 Å². The lowest BCUT2D eigenvalue weighted by atomic mass is 10.1. The minimum Gasteiger partial charge on any atom is -0.479 e. The van der Waals surface area contributed by atoms with Gasteiger partial charge in [-0.15, -0.1) is 0 Å². The molecule has 2 amide bonds. The number of amides is 2. The number of hydrogen-bond donors (Lipinski definition) is 4. The van der Waals surface area contributed by atoms with Gasteiger partial charge in [-0.3, -0.25) is 0 Å². The third-order valence-electron chi connectivity index (χ3n) is 2.45. The van der Waals surface area contributed by atoms with Gasteiger partial charge in [0.1, 0.15) is 0 Å². The Bertz CT molecular complexity index is 494. The standard InChI is InChI=1S/C14H20N2O4/c1-14(2,3)16-13(20)15-10-7-5-4-6-9(10)8-11(17)12(18)19/h4-7,11,17H,8H2,1-3H3,(H,18,19)(H2,15,16,20). The molecule has 0 aliphatic heterocycles. The Morgan fingerprint density at radius 2 is 1.85 bits per heavy atom. The van der Waals surface area contributed by atoms with Crippen molar-refractivity contribution in [2.24, 2.45) is 0 Å². The summed E-state index contributed by atoms with van der Waals surface area (Å²) >= 11 is 0. The smallest absolute Gasteiger partial charge is 0.332 e. The van der Waals surface area contributed by atoms with E-state index in [9.17, 15) is 14.7 Å². The van der Waals surface area contributed by atoms with Gasteiger partial charge in [0.05, 0.1) is 0 Å². The second kappa shape index (κ2) is 6.38. The molecule has 0 aromatic heterocycles. The molecule has 0 saturated heterocycles. The number of hydrogen-bond acceptors (Lipinski definition) is 3. The van der Waals surface area contributed by atoms with Crippen molar-refractivity contribution in [3.8, 4) is 0 Å². The highest BCUT2D eigenvalue weighted by Gasteiger charge is 2.18. The van der Waals surface area contributed by atoms with Gasteiger partial charge in [-0.1, -0.05) is 18.2 Å². The third kappa shape index (κ3) is 5.27. The van der Waals surface area contributed by atoms with Crippen LogP contribution in [0.15, 0.2) is 24.3 Å². The van der Waals surface area contributed by atoms with Crippen LogP contribution in [0.5, 0.6) is 0 Å². The first-order chi connectivity index (χ1) is 9.19. The molecule has 0 aliphatic carbocycles. The number of aliphatic hydroxyl groups excluding tert-OH is 1. The number of carboxylic acid groups (broad SMARTS) is 1. The van der Waals surface area contributed by atoms with Gasteiger partial charge in [-0.2, -0.15) is 0 Å². The summed E-state index contributed by atoms with van der Waals surface area (Å²) in [4.78, 5) is 22.5. The van der Waals surface area contributed by atoms with Gasteiger partial charge in [-0.05, 0) is 32.4 Å². The maximum Gasteiger partial charge on any atom is 0.332 e. The molecule has 6 nitrogen and oxygen atoms in total. The number of rotatable bonds is 4. The molecular weight excluding hydrogens is 260 g/mol. The molecular formula is C14H20N2O4. The first-order valence-corrected chi connectivity index (χ1v) is 6.27. The molecule has 20 heavy (non-hydrogen) atoms. The molecule has 1 rings (SSSR count). The zero-order valence-corrected chi connectivity index (χ0v) is 11.8. The fraction of sp³-hybridized carbons (Fsp3) is 0.429. The van der Waals surface area contributed by atoms with E-state index in [2.05, 4.69) is 10.6 Å². The van der Waals surface area contributed by atoms with Crippen LogP contribution >= 0.6 is 0 Å². The van der Waals surface area contributed by atoms with Gasteiger partial charge >= 0.3 is 12.0 Å². The van der Waals surface area contributed by atoms with Crippen LogP contribution in [0.4, 0.5) is 10.5 Å². The molecule has 0 spiro atoms. The quantitative estimate of drug-likeness (QED) is 0.673. The minimum atomic E-state index is -1.50. The van der Waals surface area contributed by atoms with E-state index in [4.69, 9.17) is 5.11 Å². The molecule has 0 fully saturated rings. The van der Waals surface area contributed by atoms with Gasteiger partial charge < -0.3 is 20.8 Å². The molecule has 4 N–H and O–H groups in total. The first-order valence-electron chi connectivity index (χ1n) is 6.27. The molecule has 0 heterocycles. The summed E-state index contributed by atoms with van der Waals surface area (Å²) in [6, 6.07) is 6.39. The second-order valence-electron chi connectivity index (χ2n) is 5.54. The van der Waals surface area contributed by atoms with Crippen molar-refractivity contribution in [3.63, 3.8) is 0 Å². The van der Waals surface area contributed by atoms with Crippen molar-refractivity contribution in [1.82, 2.24) is 5.32 Å². The molecule has 110 valence electrons. The molecule has 0 bridgehead atoms. The Morgan fingerprint density at radius 3 is 2.40 bits per heavy atom. The average Bonchev–Trinajstić information content (AvgIpc) is 2.28. The summed E-state index contributed by atoms with van der Waals surface area (Å²) in [6.07, 6.45) is -1.56. The van der Waals surface area contributed by atoms with Crippen molar-refractivity contribution < 1.29 is 19.8 Å². The molecule has 6 heteroatoms. The summed E-state index contributed by atoms with van der Waals surface area (Å²) in [5.74, 6) is -1.29. The van der Waals surface area contributed by atoms with Crippen LogP contribution in [0.2, 0.25) is 0 Å². The van der Waals surface area contributed by atoms with Crippen molar-refractivity contribution >= 4 is 17.7 Å². The molecule has 0 radical (unpaired) electrons. The molecule has 1 aromatic rings. The highest BCUT2D eigenvalue weighted by molar-refractivity contribution is 5.90. The normalized spacial score (nSPS) is 12.6. The Balaban J connectivity index is 2.80. The monoisotopic (exact) mass is 280 g/mol. The predicted molar refractivity (Wildman–Crippen MR) is 75.7 cm³/mol. The lowest BCUT2D eigenvalue weighted by Crippen LogP contribution is -2.43. The topological polar surface area (TPSA) is 98.7 Å². The lowest BCUT2D eigenvalue weighted by Gasteiger charge is -2.21. The van der Waals surface area contributed by atoms with Gasteiger partial charge in [0.25, 0.3) is 0 Å². The molecule has 0 aliphatic rings. The van der Waals surface area contributed by atoms with E-state index in [1.807, 2.05) is 20.8 Å². The van der Waals surface area contributed by atoms with Crippen LogP contribution < -0.4 is 10.6 Å². The molecule has 0 saturated carbocycles. The minimum absolute atomic E-state index is 0.0682. The number of carboxylic acids is 1. The lowest BCUT2D eigenvalue weighted by molar-refractivity contribution is -0.146. The van der Waals surface area contributed by atoms with Crippen LogP contribution in [-0.2, 0) is 11.2 Å². The summed E-state index contributed by atoms with van der Waals surface area (Å²) in [7, 11) is 0. The maximum atomic E-state index is 11.8. The summed E-state index contributed by atoms with van der Waals surface area (Å²) in [6.45, 7) is 5.56. The summed E-state index contributed by atoms with van der Waals surface area (Å²) in [5, 5.41) is 23.5. The largest absolute Gasteiger partial charge is 0.479 e. The highest BCUT2D eigenvalue weighted by atomic mass is 16.4. The number of aliphatic hydroxyl groups is 1. The number of benzene rings is 1. The first kappa shape index (κ1) is 16.0. The average molecular weight is 280 g/mol. The number of para-hydroxylation sites is 1. The van der Waals surface area contributed by atoms with Crippen LogP contribution in [0, 0.1) is 0 Å². The van der Waals surface area contributed by atoms with E-state index < -0.39 is 12.1 Å². The maximum absolute atomic E-state index is 11.8. The third-order valence-corrected chi connectivity index (χ3v) is 2.45. The van der Waals surface area contributed by atoms with E-state index in [-0.39, 0.29) is 18.0 Å². The number of nitrogens with one attached hydrogen (secondary N) is 2. The zero-order chi connectivity index (χ0) is 15.3. The fourth-order valence-corrected chi connectivity index (χ4v) is 1.61.